The first kappa shape index (κ1) is 14.6. The summed E-state index contributed by atoms with van der Waals surface area (Å²) in [4.78, 5) is 8.46. The third-order valence-corrected chi connectivity index (χ3v) is 4.23. The number of ether oxygens (including phenoxy) is 1. The van der Waals surface area contributed by atoms with Gasteiger partial charge in [0.05, 0.1) is 7.11 Å². The lowest BCUT2D eigenvalue weighted by Crippen LogP contribution is -2.03. The molecule has 0 spiro atoms. The van der Waals surface area contributed by atoms with Crippen LogP contribution in [0, 0.1) is 6.92 Å². The number of aromatic nitrogens is 8. The Morgan fingerprint density at radius 2 is 2.08 bits per heavy atom. The number of rotatable bonds is 4. The number of tetrazole rings is 1. The van der Waals surface area contributed by atoms with Gasteiger partial charge in [-0.15, -0.1) is 5.10 Å². The minimum Gasteiger partial charge on any atom is -0.494 e. The Hall–Kier alpha value is -3.01. The zero-order valence-corrected chi connectivity index (χ0v) is 13.7. The maximum Gasteiger partial charge on any atom is 0.253 e. The van der Waals surface area contributed by atoms with Crippen LogP contribution in [0.3, 0.4) is 0 Å². The van der Waals surface area contributed by atoms with Gasteiger partial charge in [0.1, 0.15) is 22.8 Å². The van der Waals surface area contributed by atoms with E-state index >= 15 is 0 Å². The van der Waals surface area contributed by atoms with E-state index < -0.39 is 0 Å². The fourth-order valence-corrected chi connectivity index (χ4v) is 3.19. The van der Waals surface area contributed by atoms with E-state index in [1.54, 1.807) is 16.3 Å². The predicted octanol–water partition coefficient (Wildman–Crippen LogP) is 1.57. The molecule has 4 rings (SSSR count). The molecule has 9 nitrogen and oxygen atoms in total. The highest BCUT2D eigenvalue weighted by Crippen LogP contribution is 2.30. The maximum atomic E-state index is 5.39. The fraction of sp³-hybridized carbons (Fsp3) is 0.143. The summed E-state index contributed by atoms with van der Waals surface area (Å²) in [6, 6.07) is 9.46. The molecule has 0 fully saturated rings. The third kappa shape index (κ3) is 2.46. The van der Waals surface area contributed by atoms with Gasteiger partial charge in [0.15, 0.2) is 0 Å². The molecule has 3 aromatic heterocycles. The molecule has 0 bridgehead atoms. The second kappa shape index (κ2) is 5.89. The Balaban J connectivity index is 1.79. The van der Waals surface area contributed by atoms with E-state index in [1.165, 1.54) is 18.1 Å². The molecular weight excluding hydrogens is 328 g/mol. The normalized spacial score (nSPS) is 11.1. The number of methoxy groups -OCH3 is 1. The van der Waals surface area contributed by atoms with Gasteiger partial charge in [0, 0.05) is 5.69 Å². The van der Waals surface area contributed by atoms with Crippen LogP contribution in [0.2, 0.25) is 0 Å². The number of para-hydroxylation sites is 2. The Morgan fingerprint density at radius 1 is 1.21 bits per heavy atom. The van der Waals surface area contributed by atoms with Gasteiger partial charge < -0.3 is 4.74 Å². The van der Waals surface area contributed by atoms with Crippen LogP contribution in [0.15, 0.2) is 46.8 Å². The summed E-state index contributed by atoms with van der Waals surface area (Å²) < 4.78 is 8.67. The number of aryl methyl sites for hydroxylation is 1. The van der Waals surface area contributed by atoms with Crippen molar-refractivity contribution in [3.8, 4) is 11.4 Å². The molecule has 0 N–H and O–H groups in total. The summed E-state index contributed by atoms with van der Waals surface area (Å²) >= 11 is 1.37. The molecule has 3 heterocycles. The van der Waals surface area contributed by atoms with Gasteiger partial charge in [-0.3, -0.25) is 0 Å². The highest BCUT2D eigenvalue weighted by Gasteiger charge is 2.16. The second-order valence-corrected chi connectivity index (χ2v) is 5.84. The monoisotopic (exact) mass is 340 g/mol. The van der Waals surface area contributed by atoms with Crippen LogP contribution < -0.4 is 4.74 Å². The lowest BCUT2D eigenvalue weighted by Gasteiger charge is -2.09. The molecule has 1 aromatic carbocycles. The summed E-state index contributed by atoms with van der Waals surface area (Å²) in [7, 11) is 1.61. The Bertz CT molecular complexity index is 1010. The average Bonchev–Trinajstić information content (AvgIpc) is 3.23. The van der Waals surface area contributed by atoms with Crippen LogP contribution in [0.25, 0.3) is 11.5 Å². The van der Waals surface area contributed by atoms with Crippen LogP contribution in [-0.4, -0.2) is 46.9 Å². The molecule has 4 aromatic rings. The van der Waals surface area contributed by atoms with E-state index in [1.807, 2.05) is 37.3 Å². The Kier molecular flexibility index (Phi) is 3.58. The van der Waals surface area contributed by atoms with Crippen molar-refractivity contribution in [1.82, 2.24) is 39.8 Å². The van der Waals surface area contributed by atoms with Crippen molar-refractivity contribution in [3.05, 3.63) is 42.4 Å². The highest BCUT2D eigenvalue weighted by atomic mass is 32.2. The number of hydrogen-bond donors (Lipinski definition) is 0. The van der Waals surface area contributed by atoms with E-state index in [0.29, 0.717) is 16.7 Å². The molecule has 10 heteroatoms. The first-order valence-electron chi connectivity index (χ1n) is 7.03. The van der Waals surface area contributed by atoms with Crippen molar-refractivity contribution in [2.24, 2.45) is 0 Å². The maximum absolute atomic E-state index is 5.39. The quantitative estimate of drug-likeness (QED) is 0.517. The van der Waals surface area contributed by atoms with Crippen LogP contribution in [-0.2, 0) is 0 Å². The fourth-order valence-electron chi connectivity index (χ4n) is 2.26. The number of benzene rings is 1. The van der Waals surface area contributed by atoms with Gasteiger partial charge >= 0.3 is 0 Å². The standard InChI is InChI=1S/C14H12N8OS/c1-9-7-12(22-13(17-9)15-8-16-22)24-14-18-19-20-21(14)10-5-3-4-6-11(10)23-2/h3-8H,1-2H3. The Morgan fingerprint density at radius 3 is 2.96 bits per heavy atom. The van der Waals surface area contributed by atoms with Crippen molar-refractivity contribution in [1.29, 1.82) is 0 Å². The topological polar surface area (TPSA) is 95.9 Å². The van der Waals surface area contributed by atoms with E-state index in [0.717, 1.165) is 16.4 Å². The van der Waals surface area contributed by atoms with Crippen molar-refractivity contribution < 1.29 is 4.74 Å². The van der Waals surface area contributed by atoms with Crippen LogP contribution in [0.5, 0.6) is 5.75 Å². The van der Waals surface area contributed by atoms with Crippen molar-refractivity contribution >= 4 is 17.5 Å². The Labute approximate surface area is 140 Å². The van der Waals surface area contributed by atoms with Crippen LogP contribution in [0.1, 0.15) is 5.69 Å². The molecule has 0 saturated heterocycles. The van der Waals surface area contributed by atoms with E-state index in [-0.39, 0.29) is 0 Å². The lowest BCUT2D eigenvalue weighted by atomic mass is 10.3. The summed E-state index contributed by atoms with van der Waals surface area (Å²) in [5.74, 6) is 1.22. The molecule has 120 valence electrons. The molecule has 0 unspecified atom stereocenters. The first-order valence-corrected chi connectivity index (χ1v) is 7.85. The average molecular weight is 340 g/mol. The van der Waals surface area contributed by atoms with E-state index in [2.05, 4.69) is 30.6 Å². The largest absolute Gasteiger partial charge is 0.494 e. The smallest absolute Gasteiger partial charge is 0.253 e. The summed E-state index contributed by atoms with van der Waals surface area (Å²) in [6.07, 6.45) is 1.47. The molecular formula is C14H12N8OS. The van der Waals surface area contributed by atoms with E-state index in [4.69, 9.17) is 4.74 Å². The SMILES string of the molecule is COc1ccccc1-n1nnnc1Sc1cc(C)nc2ncnn12. The summed E-state index contributed by atoms with van der Waals surface area (Å²) in [5, 5.41) is 17.6. The molecule has 0 atom stereocenters. The minimum absolute atomic E-state index is 0.536. The predicted molar refractivity (Wildman–Crippen MR) is 85.3 cm³/mol. The lowest BCUT2D eigenvalue weighted by molar-refractivity contribution is 0.410. The third-order valence-electron chi connectivity index (χ3n) is 3.30. The molecule has 0 aliphatic rings. The molecule has 0 radical (unpaired) electrons. The van der Waals surface area contributed by atoms with Gasteiger partial charge in [-0.05, 0) is 47.3 Å². The molecule has 0 amide bonds. The van der Waals surface area contributed by atoms with Crippen molar-refractivity contribution in [2.45, 2.75) is 17.1 Å². The zero-order valence-electron chi connectivity index (χ0n) is 12.9. The van der Waals surface area contributed by atoms with Gasteiger partial charge in [0.25, 0.3) is 5.78 Å². The van der Waals surface area contributed by atoms with Gasteiger partial charge in [-0.25, -0.2) is 4.98 Å². The first-order chi connectivity index (χ1) is 11.8. The van der Waals surface area contributed by atoms with Gasteiger partial charge in [0.2, 0.25) is 5.16 Å². The minimum atomic E-state index is 0.536. The molecule has 24 heavy (non-hydrogen) atoms. The van der Waals surface area contributed by atoms with Gasteiger partial charge in [-0.2, -0.15) is 19.3 Å². The van der Waals surface area contributed by atoms with Crippen LogP contribution in [0.4, 0.5) is 0 Å². The number of hydrogen-bond acceptors (Lipinski definition) is 8. The highest BCUT2D eigenvalue weighted by molar-refractivity contribution is 7.99. The second-order valence-electron chi connectivity index (χ2n) is 4.85. The molecule has 0 aliphatic carbocycles. The van der Waals surface area contributed by atoms with Crippen LogP contribution >= 0.6 is 11.8 Å². The number of fused-ring (bicyclic) bond motifs is 1. The van der Waals surface area contributed by atoms with E-state index in [9.17, 15) is 0 Å². The molecule has 0 saturated carbocycles. The van der Waals surface area contributed by atoms with Crippen molar-refractivity contribution in [3.63, 3.8) is 0 Å². The van der Waals surface area contributed by atoms with Crippen molar-refractivity contribution in [2.75, 3.05) is 7.11 Å². The summed E-state index contributed by atoms with van der Waals surface area (Å²) in [5.41, 5.74) is 1.60. The zero-order chi connectivity index (χ0) is 16.5. The number of nitrogens with zero attached hydrogens (tertiary/aromatic N) is 8. The molecule has 0 aliphatic heterocycles. The van der Waals surface area contributed by atoms with Gasteiger partial charge in [-0.1, -0.05) is 12.1 Å². The summed E-state index contributed by atoms with van der Waals surface area (Å²) in [6.45, 7) is 1.90.